The second-order valence-electron chi connectivity index (χ2n) is 7.03. The van der Waals surface area contributed by atoms with Crippen molar-refractivity contribution in [2.24, 2.45) is 0 Å². The molecule has 0 fully saturated rings. The molecule has 2 atom stereocenters. The van der Waals surface area contributed by atoms with Crippen LogP contribution in [0.3, 0.4) is 0 Å². The van der Waals surface area contributed by atoms with Crippen LogP contribution in [0.2, 0.25) is 0 Å². The first kappa shape index (κ1) is 28.7. The average molecular weight is 561 g/mol. The first-order chi connectivity index (χ1) is 16.2. The van der Waals surface area contributed by atoms with Gasteiger partial charge < -0.3 is 23.8 Å². The Bertz CT molecular complexity index is 1080. The Morgan fingerprint density at radius 2 is 1.81 bits per heavy atom. The molecule has 1 aromatic carbocycles. The topological polar surface area (TPSA) is 123 Å². The van der Waals surface area contributed by atoms with Crippen LogP contribution in [0.1, 0.15) is 18.9 Å². The van der Waals surface area contributed by atoms with Gasteiger partial charge in [-0.1, -0.05) is 19.4 Å². The summed E-state index contributed by atoms with van der Waals surface area (Å²) >= 11 is 0. The summed E-state index contributed by atoms with van der Waals surface area (Å²) < 4.78 is 123. The van der Waals surface area contributed by atoms with Crippen molar-refractivity contribution in [2.75, 3.05) is 13.4 Å². The van der Waals surface area contributed by atoms with Crippen LogP contribution in [-0.4, -0.2) is 49.0 Å². The van der Waals surface area contributed by atoms with Crippen molar-refractivity contribution < 1.29 is 71.1 Å². The number of rotatable bonds is 9. The molecule has 36 heavy (non-hydrogen) atoms. The van der Waals surface area contributed by atoms with Crippen molar-refractivity contribution in [2.45, 2.75) is 36.6 Å². The lowest BCUT2D eigenvalue weighted by Crippen LogP contribution is -2.41. The summed E-state index contributed by atoms with van der Waals surface area (Å²) in [5.41, 5.74) is -2.34. The van der Waals surface area contributed by atoms with Gasteiger partial charge in [0.05, 0.1) is 12.2 Å². The molecule has 2 rings (SSSR count). The van der Waals surface area contributed by atoms with Gasteiger partial charge in [0.2, 0.25) is 12.9 Å². The van der Waals surface area contributed by atoms with Gasteiger partial charge in [-0.15, -0.1) is 10.1 Å². The maximum absolute atomic E-state index is 13.4. The molecule has 1 unspecified atom stereocenters. The van der Waals surface area contributed by atoms with Gasteiger partial charge in [-0.25, -0.2) is 9.59 Å². The molecule has 204 valence electrons. The Morgan fingerprint density at radius 1 is 1.17 bits per heavy atom. The van der Waals surface area contributed by atoms with Gasteiger partial charge in [0.25, 0.3) is 5.09 Å². The van der Waals surface area contributed by atoms with E-state index in [-0.39, 0.29) is 30.7 Å². The van der Waals surface area contributed by atoms with Crippen molar-refractivity contribution in [3.63, 3.8) is 0 Å². The zero-order valence-corrected chi connectivity index (χ0v) is 18.5. The van der Waals surface area contributed by atoms with E-state index in [1.54, 1.807) is 0 Å². The van der Waals surface area contributed by atoms with Gasteiger partial charge in [0, 0.05) is 12.0 Å². The van der Waals surface area contributed by atoms with E-state index in [1.807, 2.05) is 0 Å². The molecule has 1 heterocycles. The van der Waals surface area contributed by atoms with Crippen molar-refractivity contribution in [1.82, 2.24) is 0 Å². The smallest absolute Gasteiger partial charge is 0.475 e. The minimum atomic E-state index is -10.2. The van der Waals surface area contributed by atoms with E-state index >= 15 is 0 Å². The van der Waals surface area contributed by atoms with Crippen LogP contribution in [0, 0.1) is 10.1 Å². The second kappa shape index (κ2) is 9.17. The lowest BCUT2D eigenvalue weighted by atomic mass is 10.0. The van der Waals surface area contributed by atoms with Crippen molar-refractivity contribution in [1.29, 1.82) is 0 Å². The number of ether oxygens (including phenoxy) is 4. The number of hydrogen-bond donors (Lipinski definition) is 0. The summed E-state index contributed by atoms with van der Waals surface area (Å²) in [4.78, 5) is 35.2. The zero-order chi connectivity index (χ0) is 27.6. The molecule has 19 heteroatoms. The van der Waals surface area contributed by atoms with Gasteiger partial charge in [0.1, 0.15) is 16.7 Å². The summed E-state index contributed by atoms with van der Waals surface area (Å²) in [6.45, 7) is -0.502. The predicted octanol–water partition coefficient (Wildman–Crippen LogP) is 5.69. The molecule has 1 aliphatic heterocycles. The van der Waals surface area contributed by atoms with Gasteiger partial charge in [-0.2, -0.15) is 13.2 Å². The molecule has 0 saturated carbocycles. The largest absolute Gasteiger partial charge is 0.511 e. The molecule has 10 nitrogen and oxygen atoms in total. The summed E-state index contributed by atoms with van der Waals surface area (Å²) in [5, 5.41) is 8.92. The molecule has 0 radical (unpaired) electrons. The summed E-state index contributed by atoms with van der Waals surface area (Å²) in [6.07, 6.45) is -10.8. The quantitative estimate of drug-likeness (QED) is 0.123. The molecule has 0 bridgehead atoms. The molecular formula is C17H15F8NO9S. The average Bonchev–Trinajstić information content (AvgIpc) is 2.69. The molecule has 1 aliphatic rings. The zero-order valence-electron chi connectivity index (χ0n) is 17.6. The van der Waals surface area contributed by atoms with Crippen molar-refractivity contribution >= 4 is 28.4 Å². The van der Waals surface area contributed by atoms with E-state index in [0.717, 1.165) is 0 Å². The highest BCUT2D eigenvalue weighted by atomic mass is 32.5. The monoisotopic (exact) mass is 561 g/mol. The predicted molar refractivity (Wildman–Crippen MR) is 102 cm³/mol. The number of fused-ring (bicyclic) bond motifs is 1. The van der Waals surface area contributed by atoms with Gasteiger partial charge >= 0.3 is 28.5 Å². The molecule has 0 N–H and O–H groups in total. The fourth-order valence-corrected chi connectivity index (χ4v) is 3.27. The standard InChI is InChI=1S/C17H15F8NO9S/c1-9(4-5-33-26(29)30)34-16(28)32-8-31-15(27)12-7-10-6-11(36(21,22,23,24)25)2-3-13(10)35-14(12)17(18,19)20/h2-3,6-7,9,14H,4-5,8H2,1H3/t9-,14?/m0/s1. The molecule has 0 saturated heterocycles. The minimum Gasteiger partial charge on any atom is -0.475 e. The Labute approximate surface area is 195 Å². The van der Waals surface area contributed by atoms with Crippen molar-refractivity contribution in [3.05, 3.63) is 39.4 Å². The van der Waals surface area contributed by atoms with E-state index < -0.39 is 81.0 Å². The van der Waals surface area contributed by atoms with E-state index in [0.29, 0.717) is 0 Å². The molecule has 0 amide bonds. The van der Waals surface area contributed by atoms with Gasteiger partial charge in [-0.3, -0.25) is 0 Å². The minimum absolute atomic E-state index is 0.158. The van der Waals surface area contributed by atoms with Crippen molar-refractivity contribution in [3.8, 4) is 5.75 Å². The third-order valence-corrected chi connectivity index (χ3v) is 5.33. The molecule has 0 spiro atoms. The summed E-state index contributed by atoms with van der Waals surface area (Å²) in [6, 6.07) is -0.0967. The van der Waals surface area contributed by atoms with E-state index in [2.05, 4.69) is 23.8 Å². The second-order valence-corrected chi connectivity index (χ2v) is 9.44. The maximum Gasteiger partial charge on any atom is 0.511 e. The molecule has 1 aromatic rings. The fraction of sp³-hybridized carbons (Fsp3) is 0.412. The number of esters is 1. The van der Waals surface area contributed by atoms with Crippen LogP contribution in [0.4, 0.5) is 37.4 Å². The molecule has 0 aromatic heterocycles. The van der Waals surface area contributed by atoms with Crippen LogP contribution in [0.25, 0.3) is 6.08 Å². The number of hydrogen-bond acceptors (Lipinski definition) is 9. The Morgan fingerprint density at radius 3 is 2.36 bits per heavy atom. The Kier molecular flexibility index (Phi) is 7.32. The number of benzene rings is 1. The number of carbonyl (C=O) groups excluding carboxylic acids is 2. The lowest BCUT2D eigenvalue weighted by Gasteiger charge is -2.41. The van der Waals surface area contributed by atoms with Gasteiger partial charge in [-0.05, 0) is 31.2 Å². The third-order valence-electron chi connectivity index (χ3n) is 4.18. The fourth-order valence-electron chi connectivity index (χ4n) is 2.59. The van der Waals surface area contributed by atoms with Crippen LogP contribution in [0.5, 0.6) is 5.75 Å². The first-order valence-corrected chi connectivity index (χ1v) is 11.2. The molecule has 0 aliphatic carbocycles. The third kappa shape index (κ3) is 8.02. The van der Waals surface area contributed by atoms with Crippen LogP contribution in [0.15, 0.2) is 28.7 Å². The number of alkyl halides is 3. The number of halogens is 8. The van der Waals surface area contributed by atoms with E-state index in [1.165, 1.54) is 6.92 Å². The number of nitrogens with zero attached hydrogens (tertiary/aromatic N) is 1. The van der Waals surface area contributed by atoms with E-state index in [9.17, 15) is 52.3 Å². The highest BCUT2D eigenvalue weighted by molar-refractivity contribution is 8.45. The Hall–Kier alpha value is -3.51. The first-order valence-electron chi connectivity index (χ1n) is 9.28. The summed E-state index contributed by atoms with van der Waals surface area (Å²) in [5.74, 6) is -2.73. The molecular weight excluding hydrogens is 546 g/mol. The number of carbonyl (C=O) groups is 2. The van der Waals surface area contributed by atoms with Crippen LogP contribution < -0.4 is 4.74 Å². The highest BCUT2D eigenvalue weighted by Gasteiger charge is 2.65. The normalized spacial score (nSPS) is 18.2. The van der Waals surface area contributed by atoms with Gasteiger partial charge in [0.15, 0.2) is 0 Å². The van der Waals surface area contributed by atoms with Crippen LogP contribution in [-0.2, 0) is 23.8 Å². The SMILES string of the molecule is C[C@@H](CCO[N+](=O)[O-])OC(=O)OCOC(=O)C1=Cc2cc(S(F)(F)(F)(F)F)ccc2OC1C(F)(F)F. The van der Waals surface area contributed by atoms with E-state index in [4.69, 9.17) is 0 Å². The highest BCUT2D eigenvalue weighted by Crippen LogP contribution is 3.02. The summed E-state index contributed by atoms with van der Waals surface area (Å²) in [7, 11) is -10.2. The Balaban J connectivity index is 2.13. The van der Waals surface area contributed by atoms with Crippen LogP contribution >= 0.6 is 10.2 Å². The maximum atomic E-state index is 13.4. The lowest BCUT2D eigenvalue weighted by molar-refractivity contribution is -0.758.